The number of piperazine rings is 1. The smallest absolute Gasteiger partial charge is 0.409 e. The van der Waals surface area contributed by atoms with E-state index in [-0.39, 0.29) is 29.3 Å². The van der Waals surface area contributed by atoms with E-state index in [1.54, 1.807) is 47.1 Å². The SMILES string of the molecule is CCOC(=O)N1CCN(C(=O)c2cccc(C(=O)Nc3ccccc3)n2)CC1. The molecule has 1 fully saturated rings. The maximum absolute atomic E-state index is 12.7. The minimum atomic E-state index is -0.381. The number of hydrogen-bond donors (Lipinski definition) is 1. The number of amides is 3. The average molecular weight is 382 g/mol. The number of para-hydroxylation sites is 1. The van der Waals surface area contributed by atoms with Gasteiger partial charge in [-0.15, -0.1) is 0 Å². The van der Waals surface area contributed by atoms with Crippen molar-refractivity contribution in [2.75, 3.05) is 38.1 Å². The van der Waals surface area contributed by atoms with Crippen LogP contribution in [0.15, 0.2) is 48.5 Å². The fourth-order valence-electron chi connectivity index (χ4n) is 2.87. The quantitative estimate of drug-likeness (QED) is 0.876. The monoisotopic (exact) mass is 382 g/mol. The van der Waals surface area contributed by atoms with Gasteiger partial charge in [-0.1, -0.05) is 24.3 Å². The van der Waals surface area contributed by atoms with E-state index in [0.717, 1.165) is 0 Å². The first-order valence-electron chi connectivity index (χ1n) is 9.13. The third-order valence-corrected chi connectivity index (χ3v) is 4.33. The number of carbonyl (C=O) groups is 3. The van der Waals surface area contributed by atoms with Crippen LogP contribution in [0.25, 0.3) is 0 Å². The number of rotatable bonds is 4. The first-order valence-corrected chi connectivity index (χ1v) is 9.13. The van der Waals surface area contributed by atoms with Crippen LogP contribution in [0, 0.1) is 0 Å². The van der Waals surface area contributed by atoms with Crippen LogP contribution in [0.1, 0.15) is 27.9 Å². The third-order valence-electron chi connectivity index (χ3n) is 4.33. The van der Waals surface area contributed by atoms with Crippen LogP contribution in [0.2, 0.25) is 0 Å². The van der Waals surface area contributed by atoms with E-state index in [0.29, 0.717) is 38.5 Å². The number of hydrogen-bond acceptors (Lipinski definition) is 5. The molecule has 1 aliphatic rings. The molecule has 146 valence electrons. The van der Waals surface area contributed by atoms with Crippen molar-refractivity contribution < 1.29 is 19.1 Å². The molecule has 2 aromatic rings. The Hall–Kier alpha value is -3.42. The number of anilines is 1. The molecule has 3 rings (SSSR count). The van der Waals surface area contributed by atoms with E-state index in [4.69, 9.17) is 4.74 Å². The number of nitrogens with one attached hydrogen (secondary N) is 1. The summed E-state index contributed by atoms with van der Waals surface area (Å²) in [6, 6.07) is 13.8. The van der Waals surface area contributed by atoms with Gasteiger partial charge in [-0.05, 0) is 31.2 Å². The molecule has 0 unspecified atom stereocenters. The minimum Gasteiger partial charge on any atom is -0.450 e. The lowest BCUT2D eigenvalue weighted by atomic mass is 10.2. The molecule has 0 saturated carbocycles. The zero-order chi connectivity index (χ0) is 19.9. The van der Waals surface area contributed by atoms with Gasteiger partial charge in [0, 0.05) is 31.9 Å². The van der Waals surface area contributed by atoms with Crippen molar-refractivity contribution in [3.63, 3.8) is 0 Å². The van der Waals surface area contributed by atoms with Crippen LogP contribution < -0.4 is 5.32 Å². The third kappa shape index (κ3) is 4.64. The minimum absolute atomic E-state index is 0.167. The second kappa shape index (κ2) is 8.98. The molecule has 8 nitrogen and oxygen atoms in total. The Kier molecular flexibility index (Phi) is 6.21. The summed E-state index contributed by atoms with van der Waals surface area (Å²) in [5.41, 5.74) is 1.02. The number of aromatic nitrogens is 1. The standard InChI is InChI=1S/C20H22N4O4/c1-2-28-20(27)24-13-11-23(12-14-24)19(26)17-10-6-9-16(22-17)18(25)21-15-7-4-3-5-8-15/h3-10H,2,11-14H2,1H3,(H,21,25). The highest BCUT2D eigenvalue weighted by Crippen LogP contribution is 2.11. The first-order chi connectivity index (χ1) is 13.6. The van der Waals surface area contributed by atoms with Gasteiger partial charge in [0.25, 0.3) is 11.8 Å². The zero-order valence-electron chi connectivity index (χ0n) is 15.6. The fourth-order valence-corrected chi connectivity index (χ4v) is 2.87. The van der Waals surface area contributed by atoms with Crippen molar-refractivity contribution in [1.29, 1.82) is 0 Å². The molecule has 1 aromatic carbocycles. The molecule has 1 aliphatic heterocycles. The van der Waals surface area contributed by atoms with E-state index in [1.165, 1.54) is 0 Å². The number of benzene rings is 1. The number of carbonyl (C=O) groups excluding carboxylic acids is 3. The molecule has 0 radical (unpaired) electrons. The summed E-state index contributed by atoms with van der Waals surface area (Å²) >= 11 is 0. The Morgan fingerprint density at radius 1 is 0.929 bits per heavy atom. The van der Waals surface area contributed by atoms with E-state index in [9.17, 15) is 14.4 Å². The van der Waals surface area contributed by atoms with Gasteiger partial charge in [-0.3, -0.25) is 9.59 Å². The molecule has 1 aromatic heterocycles. The number of pyridine rings is 1. The summed E-state index contributed by atoms with van der Waals surface area (Å²) in [5.74, 6) is -0.647. The number of ether oxygens (including phenoxy) is 1. The van der Waals surface area contributed by atoms with E-state index in [2.05, 4.69) is 10.3 Å². The summed E-state index contributed by atoms with van der Waals surface area (Å²) in [5, 5.41) is 2.75. The second-order valence-corrected chi connectivity index (χ2v) is 6.21. The van der Waals surface area contributed by atoms with E-state index < -0.39 is 0 Å². The highest BCUT2D eigenvalue weighted by Gasteiger charge is 2.26. The Balaban J connectivity index is 1.63. The molecular formula is C20H22N4O4. The normalized spacial score (nSPS) is 13.8. The molecule has 0 spiro atoms. The van der Waals surface area contributed by atoms with Crippen LogP contribution in [0.4, 0.5) is 10.5 Å². The molecule has 8 heteroatoms. The summed E-state index contributed by atoms with van der Waals surface area (Å²) in [7, 11) is 0. The zero-order valence-corrected chi connectivity index (χ0v) is 15.6. The molecule has 0 aliphatic carbocycles. The first kappa shape index (κ1) is 19.3. The van der Waals surface area contributed by atoms with Crippen LogP contribution in [0.3, 0.4) is 0 Å². The van der Waals surface area contributed by atoms with Gasteiger partial charge < -0.3 is 19.9 Å². The molecule has 1 N–H and O–H groups in total. The predicted octanol–water partition coefficient (Wildman–Crippen LogP) is 2.25. The van der Waals surface area contributed by atoms with Crippen molar-refractivity contribution in [2.45, 2.75) is 6.92 Å². The van der Waals surface area contributed by atoms with Gasteiger partial charge in [0.05, 0.1) is 6.61 Å². The number of nitrogens with zero attached hydrogens (tertiary/aromatic N) is 3. The molecule has 2 heterocycles. The molecule has 1 saturated heterocycles. The Bertz CT molecular complexity index is 848. The summed E-state index contributed by atoms with van der Waals surface area (Å²) in [6.45, 7) is 3.65. The Morgan fingerprint density at radius 3 is 2.25 bits per heavy atom. The lowest BCUT2D eigenvalue weighted by Crippen LogP contribution is -2.50. The van der Waals surface area contributed by atoms with Crippen LogP contribution in [-0.4, -0.2) is 65.5 Å². The van der Waals surface area contributed by atoms with Crippen molar-refractivity contribution in [3.05, 3.63) is 59.9 Å². The summed E-state index contributed by atoms with van der Waals surface area (Å²) < 4.78 is 4.98. The van der Waals surface area contributed by atoms with Crippen molar-refractivity contribution in [2.24, 2.45) is 0 Å². The average Bonchev–Trinajstić information content (AvgIpc) is 2.74. The predicted molar refractivity (Wildman–Crippen MR) is 103 cm³/mol. The van der Waals surface area contributed by atoms with E-state index >= 15 is 0 Å². The maximum Gasteiger partial charge on any atom is 0.409 e. The van der Waals surface area contributed by atoms with Crippen LogP contribution >= 0.6 is 0 Å². The van der Waals surface area contributed by atoms with Gasteiger partial charge in [-0.2, -0.15) is 0 Å². The maximum atomic E-state index is 12.7. The van der Waals surface area contributed by atoms with Gasteiger partial charge in [-0.25, -0.2) is 9.78 Å². The van der Waals surface area contributed by atoms with Crippen LogP contribution in [-0.2, 0) is 4.74 Å². The second-order valence-electron chi connectivity index (χ2n) is 6.21. The lowest BCUT2D eigenvalue weighted by molar-refractivity contribution is 0.0566. The largest absolute Gasteiger partial charge is 0.450 e. The fraction of sp³-hybridized carbons (Fsp3) is 0.300. The van der Waals surface area contributed by atoms with E-state index in [1.807, 2.05) is 18.2 Å². The topological polar surface area (TPSA) is 91.8 Å². The van der Waals surface area contributed by atoms with Crippen LogP contribution in [0.5, 0.6) is 0 Å². The van der Waals surface area contributed by atoms with Crippen molar-refractivity contribution >= 4 is 23.6 Å². The van der Waals surface area contributed by atoms with Gasteiger partial charge in [0.1, 0.15) is 11.4 Å². The van der Waals surface area contributed by atoms with Gasteiger partial charge in [0.15, 0.2) is 0 Å². The Labute approximate surface area is 163 Å². The highest BCUT2D eigenvalue weighted by atomic mass is 16.6. The molecular weight excluding hydrogens is 360 g/mol. The molecule has 28 heavy (non-hydrogen) atoms. The van der Waals surface area contributed by atoms with Crippen molar-refractivity contribution in [1.82, 2.24) is 14.8 Å². The Morgan fingerprint density at radius 2 is 1.57 bits per heavy atom. The van der Waals surface area contributed by atoms with Crippen molar-refractivity contribution in [3.8, 4) is 0 Å². The summed E-state index contributed by atoms with van der Waals surface area (Å²) in [4.78, 5) is 44.3. The van der Waals surface area contributed by atoms with Gasteiger partial charge >= 0.3 is 6.09 Å². The summed E-state index contributed by atoms with van der Waals surface area (Å²) in [6.07, 6.45) is -0.368. The molecule has 0 atom stereocenters. The van der Waals surface area contributed by atoms with Gasteiger partial charge in [0.2, 0.25) is 0 Å². The highest BCUT2D eigenvalue weighted by molar-refractivity contribution is 6.03. The lowest BCUT2D eigenvalue weighted by Gasteiger charge is -2.33. The molecule has 0 bridgehead atoms. The molecule has 3 amide bonds.